The second-order valence-corrected chi connectivity index (χ2v) is 6.16. The fraction of sp³-hybridized carbons (Fsp3) is 0.300. The van der Waals surface area contributed by atoms with Crippen LogP contribution in [-0.2, 0) is 27.5 Å². The summed E-state index contributed by atoms with van der Waals surface area (Å²) >= 11 is 0. The van der Waals surface area contributed by atoms with Gasteiger partial charge in [0.05, 0.1) is 0 Å². The van der Waals surface area contributed by atoms with E-state index < -0.39 is 6.04 Å². The Hall–Kier alpha value is -2.62. The van der Waals surface area contributed by atoms with Crippen molar-refractivity contribution in [2.45, 2.75) is 39.0 Å². The third-order valence-corrected chi connectivity index (χ3v) is 4.30. The van der Waals surface area contributed by atoms with Crippen molar-refractivity contribution < 1.29 is 14.3 Å². The van der Waals surface area contributed by atoms with E-state index in [9.17, 15) is 9.59 Å². The highest BCUT2D eigenvalue weighted by Crippen LogP contribution is 2.23. The average molecular weight is 323 g/mol. The quantitative estimate of drug-likeness (QED) is 0.794. The van der Waals surface area contributed by atoms with Crippen LogP contribution in [0.5, 0.6) is 0 Å². The normalized spacial score (nSPS) is 17.1. The Morgan fingerprint density at radius 2 is 1.79 bits per heavy atom. The zero-order valence-electron chi connectivity index (χ0n) is 13.8. The number of rotatable bonds is 5. The second-order valence-electron chi connectivity index (χ2n) is 6.16. The molecule has 4 nitrogen and oxygen atoms in total. The minimum absolute atomic E-state index is 0.0113. The largest absolute Gasteiger partial charge is 0.459 e. The molecule has 124 valence electrons. The summed E-state index contributed by atoms with van der Waals surface area (Å²) in [6.07, 6.45) is 0.926. The summed E-state index contributed by atoms with van der Waals surface area (Å²) in [5, 5.41) is 0. The number of hydrogen-bond acceptors (Lipinski definition) is 3. The van der Waals surface area contributed by atoms with Crippen LogP contribution in [0.1, 0.15) is 29.5 Å². The van der Waals surface area contributed by atoms with E-state index in [1.165, 1.54) is 5.56 Å². The highest BCUT2D eigenvalue weighted by atomic mass is 16.5. The number of amides is 1. The maximum absolute atomic E-state index is 12.4. The summed E-state index contributed by atoms with van der Waals surface area (Å²) in [5.41, 5.74) is 3.14. The van der Waals surface area contributed by atoms with Crippen molar-refractivity contribution in [2.24, 2.45) is 0 Å². The molecule has 0 spiro atoms. The first-order chi connectivity index (χ1) is 11.6. The summed E-state index contributed by atoms with van der Waals surface area (Å²) in [4.78, 5) is 26.2. The molecule has 1 amide bonds. The molecule has 0 N–H and O–H groups in total. The van der Waals surface area contributed by atoms with Crippen molar-refractivity contribution in [3.05, 3.63) is 71.3 Å². The Morgan fingerprint density at radius 3 is 2.50 bits per heavy atom. The van der Waals surface area contributed by atoms with Gasteiger partial charge in [0.25, 0.3) is 0 Å². The van der Waals surface area contributed by atoms with Gasteiger partial charge in [-0.05, 0) is 24.5 Å². The van der Waals surface area contributed by atoms with Gasteiger partial charge in [0.15, 0.2) is 0 Å². The molecule has 0 unspecified atom stereocenters. The first kappa shape index (κ1) is 16.2. The lowest BCUT2D eigenvalue weighted by Crippen LogP contribution is -2.39. The van der Waals surface area contributed by atoms with Crippen LogP contribution >= 0.6 is 0 Å². The van der Waals surface area contributed by atoms with Crippen molar-refractivity contribution in [2.75, 3.05) is 0 Å². The van der Waals surface area contributed by atoms with Crippen molar-refractivity contribution in [3.63, 3.8) is 0 Å². The minimum Gasteiger partial charge on any atom is -0.459 e. The van der Waals surface area contributed by atoms with Crippen LogP contribution in [0.25, 0.3) is 0 Å². The van der Waals surface area contributed by atoms with Gasteiger partial charge < -0.3 is 9.64 Å². The van der Waals surface area contributed by atoms with E-state index in [2.05, 4.69) is 0 Å². The standard InChI is InChI=1S/C20H21NO3/c1-15-7-9-16(10-8-15)13-21-18(11-12-19(21)22)20(23)24-14-17-5-3-2-4-6-17/h2-10,18H,11-14H2,1H3/t18-/m0/s1. The predicted molar refractivity (Wildman–Crippen MR) is 91.0 cm³/mol. The fourth-order valence-electron chi connectivity index (χ4n) is 2.89. The molecule has 2 aromatic carbocycles. The lowest BCUT2D eigenvalue weighted by Gasteiger charge is -2.23. The number of carbonyl (C=O) groups is 2. The second kappa shape index (κ2) is 7.30. The maximum Gasteiger partial charge on any atom is 0.329 e. The molecular weight excluding hydrogens is 302 g/mol. The van der Waals surface area contributed by atoms with Crippen molar-refractivity contribution in [3.8, 4) is 0 Å². The number of carbonyl (C=O) groups excluding carboxylic acids is 2. The highest BCUT2D eigenvalue weighted by molar-refractivity contribution is 5.88. The highest BCUT2D eigenvalue weighted by Gasteiger charge is 2.37. The molecule has 1 aliphatic heterocycles. The molecule has 1 fully saturated rings. The van der Waals surface area contributed by atoms with Crippen LogP contribution in [0.15, 0.2) is 54.6 Å². The third-order valence-electron chi connectivity index (χ3n) is 4.30. The van der Waals surface area contributed by atoms with Crippen LogP contribution < -0.4 is 0 Å². The van der Waals surface area contributed by atoms with E-state index >= 15 is 0 Å². The molecule has 24 heavy (non-hydrogen) atoms. The summed E-state index contributed by atoms with van der Waals surface area (Å²) in [6.45, 7) is 2.71. The van der Waals surface area contributed by atoms with Crippen LogP contribution in [0, 0.1) is 6.92 Å². The van der Waals surface area contributed by atoms with Crippen LogP contribution in [0.2, 0.25) is 0 Å². The molecule has 1 aliphatic rings. The zero-order chi connectivity index (χ0) is 16.9. The summed E-state index contributed by atoms with van der Waals surface area (Å²) < 4.78 is 5.41. The third kappa shape index (κ3) is 3.82. The topological polar surface area (TPSA) is 46.6 Å². The number of benzene rings is 2. The maximum atomic E-state index is 12.4. The van der Waals surface area contributed by atoms with Crippen molar-refractivity contribution >= 4 is 11.9 Å². The number of likely N-dealkylation sites (tertiary alicyclic amines) is 1. The van der Waals surface area contributed by atoms with E-state index in [0.717, 1.165) is 11.1 Å². The number of nitrogens with zero attached hydrogens (tertiary/aromatic N) is 1. The predicted octanol–water partition coefficient (Wildman–Crippen LogP) is 3.23. The first-order valence-corrected chi connectivity index (χ1v) is 8.19. The molecule has 1 heterocycles. The van der Waals surface area contributed by atoms with Gasteiger partial charge in [-0.25, -0.2) is 4.79 Å². The molecule has 2 aromatic rings. The van der Waals surface area contributed by atoms with Gasteiger partial charge in [-0.3, -0.25) is 4.79 Å². The smallest absolute Gasteiger partial charge is 0.329 e. The zero-order valence-corrected chi connectivity index (χ0v) is 13.8. The lowest BCUT2D eigenvalue weighted by molar-refractivity contribution is -0.153. The van der Waals surface area contributed by atoms with Crippen molar-refractivity contribution in [1.29, 1.82) is 0 Å². The summed E-state index contributed by atoms with van der Waals surface area (Å²) in [6, 6.07) is 17.1. The van der Waals surface area contributed by atoms with E-state index in [4.69, 9.17) is 4.74 Å². The molecule has 1 saturated heterocycles. The van der Waals surface area contributed by atoms with E-state index in [1.807, 2.05) is 61.5 Å². The SMILES string of the molecule is Cc1ccc(CN2C(=O)CC[C@H]2C(=O)OCc2ccccc2)cc1. The molecule has 1 atom stereocenters. The van der Waals surface area contributed by atoms with Crippen molar-refractivity contribution in [1.82, 2.24) is 4.90 Å². The Balaban J connectivity index is 1.63. The Bertz CT molecular complexity index is 709. The van der Waals surface area contributed by atoms with Gasteiger partial charge in [0.2, 0.25) is 5.91 Å². The molecule has 0 aromatic heterocycles. The number of aryl methyl sites for hydroxylation is 1. The van der Waals surface area contributed by atoms with Gasteiger partial charge in [-0.1, -0.05) is 60.2 Å². The molecule has 0 bridgehead atoms. The van der Waals surface area contributed by atoms with Gasteiger partial charge in [-0.2, -0.15) is 0 Å². The fourth-order valence-corrected chi connectivity index (χ4v) is 2.89. The summed E-state index contributed by atoms with van der Waals surface area (Å²) in [7, 11) is 0. The first-order valence-electron chi connectivity index (χ1n) is 8.19. The molecular formula is C20H21NO3. The van der Waals surface area contributed by atoms with E-state index in [1.54, 1.807) is 4.90 Å². The molecule has 3 rings (SSSR count). The number of hydrogen-bond donors (Lipinski definition) is 0. The Morgan fingerprint density at radius 1 is 1.08 bits per heavy atom. The molecule has 0 aliphatic carbocycles. The average Bonchev–Trinajstić information content (AvgIpc) is 2.96. The Labute approximate surface area is 142 Å². The summed E-state index contributed by atoms with van der Waals surface area (Å²) in [5.74, 6) is -0.311. The van der Waals surface area contributed by atoms with Gasteiger partial charge in [-0.15, -0.1) is 0 Å². The van der Waals surface area contributed by atoms with E-state index in [-0.39, 0.29) is 18.5 Å². The molecule has 4 heteroatoms. The Kier molecular flexibility index (Phi) is 4.94. The van der Waals surface area contributed by atoms with Gasteiger partial charge in [0, 0.05) is 13.0 Å². The monoisotopic (exact) mass is 323 g/mol. The van der Waals surface area contributed by atoms with E-state index in [0.29, 0.717) is 19.4 Å². The molecule has 0 radical (unpaired) electrons. The van der Waals surface area contributed by atoms with Crippen LogP contribution in [0.4, 0.5) is 0 Å². The minimum atomic E-state index is -0.484. The number of esters is 1. The molecule has 0 saturated carbocycles. The number of ether oxygens (including phenoxy) is 1. The lowest BCUT2D eigenvalue weighted by atomic mass is 10.1. The van der Waals surface area contributed by atoms with Crippen LogP contribution in [0.3, 0.4) is 0 Å². The van der Waals surface area contributed by atoms with Crippen LogP contribution in [-0.4, -0.2) is 22.8 Å². The van der Waals surface area contributed by atoms with Gasteiger partial charge >= 0.3 is 5.97 Å². The van der Waals surface area contributed by atoms with Gasteiger partial charge in [0.1, 0.15) is 12.6 Å².